The average Bonchev–Trinajstić information content (AvgIpc) is 2.83. The summed E-state index contributed by atoms with van der Waals surface area (Å²) in [7, 11) is 0. The zero-order valence-electron chi connectivity index (χ0n) is 9.74. The van der Waals surface area contributed by atoms with Gasteiger partial charge in [0.1, 0.15) is 0 Å². The summed E-state index contributed by atoms with van der Waals surface area (Å²) in [6, 6.07) is 0.727. The lowest BCUT2D eigenvalue weighted by molar-refractivity contribution is 0.502. The molecule has 0 radical (unpaired) electrons. The smallest absolute Gasteiger partial charge is 0.0534 e. The van der Waals surface area contributed by atoms with Crippen molar-refractivity contribution < 1.29 is 0 Å². The summed E-state index contributed by atoms with van der Waals surface area (Å²) in [4.78, 5) is 0. The van der Waals surface area contributed by atoms with E-state index in [4.69, 9.17) is 0 Å². The van der Waals surface area contributed by atoms with Crippen molar-refractivity contribution in [1.82, 2.24) is 15.1 Å². The predicted molar refractivity (Wildman–Crippen MR) is 61.5 cm³/mol. The van der Waals surface area contributed by atoms with Gasteiger partial charge in [0.2, 0.25) is 0 Å². The third-order valence-electron chi connectivity index (χ3n) is 3.30. The van der Waals surface area contributed by atoms with Gasteiger partial charge in [-0.1, -0.05) is 6.92 Å². The molecule has 1 aliphatic rings. The lowest BCUT2D eigenvalue weighted by atomic mass is 10.1. The van der Waals surface area contributed by atoms with Crippen molar-refractivity contribution in [2.45, 2.75) is 52.2 Å². The fourth-order valence-electron chi connectivity index (χ4n) is 2.33. The quantitative estimate of drug-likeness (QED) is 0.820. The van der Waals surface area contributed by atoms with E-state index in [1.807, 2.05) is 10.9 Å². The molecule has 0 amide bonds. The third kappa shape index (κ3) is 2.81. The van der Waals surface area contributed by atoms with Gasteiger partial charge in [-0.2, -0.15) is 5.10 Å². The van der Waals surface area contributed by atoms with Crippen molar-refractivity contribution >= 4 is 0 Å². The molecule has 0 bridgehead atoms. The Balaban J connectivity index is 1.77. The van der Waals surface area contributed by atoms with E-state index in [1.54, 1.807) is 0 Å². The molecule has 15 heavy (non-hydrogen) atoms. The molecule has 3 heteroatoms. The fourth-order valence-corrected chi connectivity index (χ4v) is 2.33. The van der Waals surface area contributed by atoms with Crippen LogP contribution < -0.4 is 5.32 Å². The number of hydrogen-bond acceptors (Lipinski definition) is 2. The molecule has 2 atom stereocenters. The highest BCUT2D eigenvalue weighted by molar-refractivity contribution is 5.03. The van der Waals surface area contributed by atoms with Crippen molar-refractivity contribution in [3.05, 3.63) is 18.0 Å². The third-order valence-corrected chi connectivity index (χ3v) is 3.30. The van der Waals surface area contributed by atoms with Crippen LogP contribution in [0.1, 0.15) is 38.7 Å². The lowest BCUT2D eigenvalue weighted by Gasteiger charge is -2.10. The number of aryl methyl sites for hydroxylation is 1. The van der Waals surface area contributed by atoms with Crippen LogP contribution in [0.5, 0.6) is 0 Å². The number of rotatable bonds is 4. The molecule has 1 aromatic heterocycles. The van der Waals surface area contributed by atoms with Crippen molar-refractivity contribution in [3.8, 4) is 0 Å². The molecule has 2 rings (SSSR count). The molecule has 2 unspecified atom stereocenters. The summed E-state index contributed by atoms with van der Waals surface area (Å²) < 4.78 is 1.98. The number of aromatic nitrogens is 2. The van der Waals surface area contributed by atoms with Gasteiger partial charge in [0.05, 0.1) is 6.20 Å². The second kappa shape index (κ2) is 4.79. The van der Waals surface area contributed by atoms with Gasteiger partial charge in [-0.3, -0.25) is 4.68 Å². The van der Waals surface area contributed by atoms with Crippen molar-refractivity contribution in [3.63, 3.8) is 0 Å². The molecule has 1 heterocycles. The van der Waals surface area contributed by atoms with Crippen LogP contribution in [0.4, 0.5) is 0 Å². The van der Waals surface area contributed by atoms with Gasteiger partial charge in [-0.05, 0) is 32.1 Å². The Labute approximate surface area is 91.9 Å². The number of hydrogen-bond donors (Lipinski definition) is 1. The molecule has 1 aromatic rings. The number of nitrogens with zero attached hydrogens (tertiary/aromatic N) is 2. The normalized spacial score (nSPS) is 26.0. The Hall–Kier alpha value is -0.830. The summed E-state index contributed by atoms with van der Waals surface area (Å²) in [5, 5.41) is 7.88. The largest absolute Gasteiger partial charge is 0.310 e. The Kier molecular flexibility index (Phi) is 3.41. The maximum absolute atomic E-state index is 4.27. The van der Waals surface area contributed by atoms with Gasteiger partial charge >= 0.3 is 0 Å². The van der Waals surface area contributed by atoms with Crippen LogP contribution in [0.2, 0.25) is 0 Å². The SMILES string of the molecule is CCn1cc(CNC2CCC(C)C2)cn1. The highest BCUT2D eigenvalue weighted by Crippen LogP contribution is 2.24. The molecule has 1 aliphatic carbocycles. The number of nitrogens with one attached hydrogen (secondary N) is 1. The first-order chi connectivity index (χ1) is 7.28. The topological polar surface area (TPSA) is 29.9 Å². The van der Waals surface area contributed by atoms with E-state index < -0.39 is 0 Å². The summed E-state index contributed by atoms with van der Waals surface area (Å²) >= 11 is 0. The van der Waals surface area contributed by atoms with Crippen LogP contribution >= 0.6 is 0 Å². The van der Waals surface area contributed by atoms with Crippen LogP contribution in [0.25, 0.3) is 0 Å². The van der Waals surface area contributed by atoms with Gasteiger partial charge in [-0.15, -0.1) is 0 Å². The van der Waals surface area contributed by atoms with Gasteiger partial charge in [0, 0.05) is 30.9 Å². The first-order valence-corrected chi connectivity index (χ1v) is 6.02. The molecular formula is C12H21N3. The predicted octanol–water partition coefficient (Wildman–Crippen LogP) is 2.18. The van der Waals surface area contributed by atoms with Gasteiger partial charge in [0.15, 0.2) is 0 Å². The minimum atomic E-state index is 0.727. The van der Waals surface area contributed by atoms with E-state index in [2.05, 4.69) is 30.5 Å². The zero-order valence-corrected chi connectivity index (χ0v) is 9.74. The summed E-state index contributed by atoms with van der Waals surface area (Å²) in [6.07, 6.45) is 8.15. The van der Waals surface area contributed by atoms with E-state index >= 15 is 0 Å². The molecule has 0 spiro atoms. The average molecular weight is 207 g/mol. The second-order valence-corrected chi connectivity index (χ2v) is 4.70. The van der Waals surface area contributed by atoms with Gasteiger partial charge in [0.25, 0.3) is 0 Å². The van der Waals surface area contributed by atoms with Crippen LogP contribution in [-0.2, 0) is 13.1 Å². The Morgan fingerprint density at radius 3 is 3.00 bits per heavy atom. The maximum atomic E-state index is 4.27. The van der Waals surface area contributed by atoms with Crippen molar-refractivity contribution in [2.24, 2.45) is 5.92 Å². The van der Waals surface area contributed by atoms with Gasteiger partial charge in [-0.25, -0.2) is 0 Å². The monoisotopic (exact) mass is 207 g/mol. The minimum Gasteiger partial charge on any atom is -0.310 e. The van der Waals surface area contributed by atoms with Crippen molar-refractivity contribution in [2.75, 3.05) is 0 Å². The first kappa shape index (κ1) is 10.7. The van der Waals surface area contributed by atoms with Crippen LogP contribution in [0, 0.1) is 5.92 Å². The first-order valence-electron chi connectivity index (χ1n) is 6.02. The standard InChI is InChI=1S/C12H21N3/c1-3-15-9-11(8-14-15)7-13-12-5-4-10(2)6-12/h8-10,12-13H,3-7H2,1-2H3. The maximum Gasteiger partial charge on any atom is 0.0534 e. The molecule has 84 valence electrons. The van der Waals surface area contributed by atoms with E-state index in [0.717, 1.165) is 25.0 Å². The lowest BCUT2D eigenvalue weighted by Crippen LogP contribution is -2.25. The second-order valence-electron chi connectivity index (χ2n) is 4.70. The summed E-state index contributed by atoms with van der Waals surface area (Å²) in [5.41, 5.74) is 1.30. The van der Waals surface area contributed by atoms with Crippen LogP contribution in [-0.4, -0.2) is 15.8 Å². The van der Waals surface area contributed by atoms with Crippen molar-refractivity contribution in [1.29, 1.82) is 0 Å². The fraction of sp³-hybridized carbons (Fsp3) is 0.750. The van der Waals surface area contributed by atoms with Crippen LogP contribution in [0.15, 0.2) is 12.4 Å². The molecule has 1 saturated carbocycles. The van der Waals surface area contributed by atoms with Crippen LogP contribution in [0.3, 0.4) is 0 Å². The summed E-state index contributed by atoms with van der Waals surface area (Å²) in [5.74, 6) is 0.904. The Bertz CT molecular complexity index is 306. The molecule has 0 saturated heterocycles. The summed E-state index contributed by atoms with van der Waals surface area (Å²) in [6.45, 7) is 6.39. The zero-order chi connectivity index (χ0) is 10.7. The minimum absolute atomic E-state index is 0.727. The van der Waals surface area contributed by atoms with E-state index in [-0.39, 0.29) is 0 Å². The molecular weight excluding hydrogens is 186 g/mol. The molecule has 1 fully saturated rings. The molecule has 0 aromatic carbocycles. The highest BCUT2D eigenvalue weighted by Gasteiger charge is 2.20. The van der Waals surface area contributed by atoms with E-state index in [0.29, 0.717) is 0 Å². The molecule has 0 aliphatic heterocycles. The molecule has 3 nitrogen and oxygen atoms in total. The van der Waals surface area contributed by atoms with Gasteiger partial charge < -0.3 is 5.32 Å². The molecule has 1 N–H and O–H groups in total. The Morgan fingerprint density at radius 1 is 1.53 bits per heavy atom. The highest BCUT2D eigenvalue weighted by atomic mass is 15.3. The Morgan fingerprint density at radius 2 is 2.40 bits per heavy atom. The van der Waals surface area contributed by atoms with E-state index in [9.17, 15) is 0 Å². The van der Waals surface area contributed by atoms with E-state index in [1.165, 1.54) is 24.8 Å².